The van der Waals surface area contributed by atoms with Gasteiger partial charge in [0.1, 0.15) is 5.57 Å². The van der Waals surface area contributed by atoms with Crippen molar-refractivity contribution in [2.75, 3.05) is 4.90 Å². The molecule has 0 saturated carbocycles. The normalized spacial score (nSPS) is 16.2. The Morgan fingerprint density at radius 2 is 1.71 bits per heavy atom. The first-order valence-electron chi connectivity index (χ1n) is 8.89. The number of hydrogen-bond donors (Lipinski definition) is 1. The molecule has 0 spiro atoms. The SMILES string of the molecule is Cc1ccc(N2C(=O)NC(=O)C(=Cc3cn(C)c4ccccc34)C2=O)cc1C. The van der Waals surface area contributed by atoms with Gasteiger partial charge in [0.05, 0.1) is 5.69 Å². The van der Waals surface area contributed by atoms with Gasteiger partial charge in [-0.1, -0.05) is 24.3 Å². The number of imide groups is 2. The molecule has 1 aliphatic heterocycles. The van der Waals surface area contributed by atoms with Gasteiger partial charge < -0.3 is 4.57 Å². The Hall–Kier alpha value is -3.67. The molecule has 4 amide bonds. The van der Waals surface area contributed by atoms with Crippen molar-refractivity contribution >= 4 is 40.5 Å². The maximum absolute atomic E-state index is 13.1. The van der Waals surface area contributed by atoms with Gasteiger partial charge in [0.15, 0.2) is 0 Å². The second kappa shape index (κ2) is 6.49. The molecule has 1 aliphatic rings. The number of carbonyl (C=O) groups excluding carboxylic acids is 3. The molecule has 0 unspecified atom stereocenters. The van der Waals surface area contributed by atoms with Crippen LogP contribution < -0.4 is 10.2 Å². The number of urea groups is 1. The van der Waals surface area contributed by atoms with Crippen LogP contribution in [0.15, 0.2) is 54.2 Å². The fraction of sp³-hybridized carbons (Fsp3) is 0.136. The molecule has 0 radical (unpaired) electrons. The first-order valence-corrected chi connectivity index (χ1v) is 8.89. The van der Waals surface area contributed by atoms with E-state index < -0.39 is 17.8 Å². The summed E-state index contributed by atoms with van der Waals surface area (Å²) >= 11 is 0. The van der Waals surface area contributed by atoms with E-state index in [1.54, 1.807) is 18.2 Å². The maximum atomic E-state index is 13.1. The highest BCUT2D eigenvalue weighted by atomic mass is 16.2. The van der Waals surface area contributed by atoms with E-state index in [2.05, 4.69) is 5.32 Å². The second-order valence-electron chi connectivity index (χ2n) is 6.94. The highest BCUT2D eigenvalue weighted by Gasteiger charge is 2.37. The van der Waals surface area contributed by atoms with Crippen molar-refractivity contribution in [1.82, 2.24) is 9.88 Å². The third-order valence-corrected chi connectivity index (χ3v) is 5.08. The van der Waals surface area contributed by atoms with Gasteiger partial charge in [-0.05, 0) is 49.2 Å². The summed E-state index contributed by atoms with van der Waals surface area (Å²) in [6.45, 7) is 3.86. The van der Waals surface area contributed by atoms with Crippen LogP contribution in [-0.2, 0) is 16.6 Å². The average molecular weight is 373 g/mol. The number of nitrogens with one attached hydrogen (secondary N) is 1. The van der Waals surface area contributed by atoms with Crippen LogP contribution in [0.2, 0.25) is 0 Å². The van der Waals surface area contributed by atoms with E-state index in [0.29, 0.717) is 5.69 Å². The zero-order valence-electron chi connectivity index (χ0n) is 15.8. The quantitative estimate of drug-likeness (QED) is 0.552. The van der Waals surface area contributed by atoms with E-state index in [4.69, 9.17) is 0 Å². The molecule has 0 atom stereocenters. The third kappa shape index (κ3) is 2.79. The number of carbonyl (C=O) groups is 3. The number of para-hydroxylation sites is 1. The van der Waals surface area contributed by atoms with Crippen LogP contribution in [0, 0.1) is 13.8 Å². The van der Waals surface area contributed by atoms with E-state index in [1.165, 1.54) is 0 Å². The topological polar surface area (TPSA) is 71.4 Å². The van der Waals surface area contributed by atoms with Crippen molar-refractivity contribution in [3.63, 3.8) is 0 Å². The smallest absolute Gasteiger partial charge is 0.335 e. The van der Waals surface area contributed by atoms with Crippen LogP contribution in [0.1, 0.15) is 16.7 Å². The number of benzene rings is 2. The number of aromatic nitrogens is 1. The summed E-state index contributed by atoms with van der Waals surface area (Å²) in [5.41, 5.74) is 4.09. The Morgan fingerprint density at radius 3 is 2.46 bits per heavy atom. The zero-order valence-corrected chi connectivity index (χ0v) is 15.8. The first kappa shape index (κ1) is 17.7. The number of amides is 4. The number of barbiturate groups is 1. The molecule has 4 rings (SSSR count). The van der Waals surface area contributed by atoms with Crippen molar-refractivity contribution < 1.29 is 14.4 Å². The average Bonchev–Trinajstić information content (AvgIpc) is 2.97. The van der Waals surface area contributed by atoms with Gasteiger partial charge in [0.25, 0.3) is 11.8 Å². The molecule has 0 bridgehead atoms. The molecule has 0 aliphatic carbocycles. The summed E-state index contributed by atoms with van der Waals surface area (Å²) in [6, 6.07) is 12.3. The minimum Gasteiger partial charge on any atom is -0.350 e. The molecule has 140 valence electrons. The minimum absolute atomic E-state index is 0.0748. The standard InChI is InChI=1S/C22H19N3O3/c1-13-8-9-16(10-14(13)2)25-21(27)18(20(26)23-22(25)28)11-15-12-24(3)19-7-5-4-6-17(15)19/h4-12H,1-3H3,(H,23,26,28). The Balaban J connectivity index is 1.81. The Morgan fingerprint density at radius 1 is 0.964 bits per heavy atom. The van der Waals surface area contributed by atoms with Crippen LogP contribution in [0.4, 0.5) is 10.5 Å². The number of anilines is 1. The van der Waals surface area contributed by atoms with Gasteiger partial charge in [-0.25, -0.2) is 9.69 Å². The molecule has 1 saturated heterocycles. The number of rotatable bonds is 2. The summed E-state index contributed by atoms with van der Waals surface area (Å²) in [5, 5.41) is 3.19. The molecular formula is C22H19N3O3. The predicted molar refractivity (Wildman–Crippen MR) is 108 cm³/mol. The van der Waals surface area contributed by atoms with E-state index >= 15 is 0 Å². The Kier molecular flexibility index (Phi) is 4.11. The summed E-state index contributed by atoms with van der Waals surface area (Å²) in [4.78, 5) is 38.8. The van der Waals surface area contributed by atoms with Gasteiger partial charge in [-0.3, -0.25) is 14.9 Å². The highest BCUT2D eigenvalue weighted by Crippen LogP contribution is 2.27. The van der Waals surface area contributed by atoms with Crippen molar-refractivity contribution in [3.8, 4) is 0 Å². The number of nitrogens with zero attached hydrogens (tertiary/aromatic N) is 2. The summed E-state index contributed by atoms with van der Waals surface area (Å²) < 4.78 is 1.93. The van der Waals surface area contributed by atoms with Gasteiger partial charge >= 0.3 is 6.03 Å². The van der Waals surface area contributed by atoms with E-state index in [1.807, 2.05) is 62.0 Å². The lowest BCUT2D eigenvalue weighted by atomic mass is 10.0. The van der Waals surface area contributed by atoms with Crippen LogP contribution in [0.5, 0.6) is 0 Å². The van der Waals surface area contributed by atoms with Crippen molar-refractivity contribution in [2.24, 2.45) is 7.05 Å². The van der Waals surface area contributed by atoms with Crippen molar-refractivity contribution in [3.05, 3.63) is 70.9 Å². The molecule has 6 nitrogen and oxygen atoms in total. The van der Waals surface area contributed by atoms with Crippen LogP contribution >= 0.6 is 0 Å². The van der Waals surface area contributed by atoms with Gasteiger partial charge in [0, 0.05) is 29.7 Å². The number of hydrogen-bond acceptors (Lipinski definition) is 3. The van der Waals surface area contributed by atoms with Crippen LogP contribution in [0.25, 0.3) is 17.0 Å². The summed E-state index contributed by atoms with van der Waals surface area (Å²) in [5.74, 6) is -1.33. The third-order valence-electron chi connectivity index (χ3n) is 5.08. The largest absolute Gasteiger partial charge is 0.350 e. The molecule has 1 fully saturated rings. The van der Waals surface area contributed by atoms with Crippen LogP contribution in [-0.4, -0.2) is 22.4 Å². The van der Waals surface area contributed by atoms with Gasteiger partial charge in [-0.2, -0.15) is 0 Å². The van der Waals surface area contributed by atoms with Gasteiger partial charge in [-0.15, -0.1) is 0 Å². The van der Waals surface area contributed by atoms with Crippen LogP contribution in [0.3, 0.4) is 0 Å². The zero-order chi connectivity index (χ0) is 20.0. The lowest BCUT2D eigenvalue weighted by molar-refractivity contribution is -0.122. The number of aryl methyl sites for hydroxylation is 3. The lowest BCUT2D eigenvalue weighted by Crippen LogP contribution is -2.54. The molecular weight excluding hydrogens is 354 g/mol. The maximum Gasteiger partial charge on any atom is 0.335 e. The van der Waals surface area contributed by atoms with Crippen molar-refractivity contribution in [2.45, 2.75) is 13.8 Å². The molecule has 2 heterocycles. The van der Waals surface area contributed by atoms with Crippen molar-refractivity contribution in [1.29, 1.82) is 0 Å². The predicted octanol–water partition coefficient (Wildman–Crippen LogP) is 3.46. The van der Waals surface area contributed by atoms with E-state index in [0.717, 1.165) is 32.5 Å². The Bertz CT molecular complexity index is 1190. The summed E-state index contributed by atoms with van der Waals surface area (Å²) in [6.07, 6.45) is 3.40. The van der Waals surface area contributed by atoms with E-state index in [-0.39, 0.29) is 5.57 Å². The Labute approximate surface area is 162 Å². The highest BCUT2D eigenvalue weighted by molar-refractivity contribution is 6.39. The molecule has 1 aromatic heterocycles. The fourth-order valence-electron chi connectivity index (χ4n) is 3.40. The lowest BCUT2D eigenvalue weighted by Gasteiger charge is -2.26. The minimum atomic E-state index is -0.742. The monoisotopic (exact) mass is 373 g/mol. The summed E-state index contributed by atoms with van der Waals surface area (Å²) in [7, 11) is 1.90. The number of fused-ring (bicyclic) bond motifs is 1. The fourth-order valence-corrected chi connectivity index (χ4v) is 3.40. The van der Waals surface area contributed by atoms with Gasteiger partial charge in [0.2, 0.25) is 0 Å². The molecule has 3 aromatic rings. The molecule has 1 N–H and O–H groups in total. The molecule has 28 heavy (non-hydrogen) atoms. The first-order chi connectivity index (χ1) is 13.4. The molecule has 6 heteroatoms. The second-order valence-corrected chi connectivity index (χ2v) is 6.94. The van der Waals surface area contributed by atoms with E-state index in [9.17, 15) is 14.4 Å². The molecule has 2 aromatic carbocycles.